The molecule has 2 aromatic carbocycles. The Balaban J connectivity index is 1.66. The monoisotopic (exact) mass is 390 g/mol. The van der Waals surface area contributed by atoms with E-state index in [1.54, 1.807) is 12.1 Å². The van der Waals surface area contributed by atoms with Gasteiger partial charge in [0.05, 0.1) is 10.8 Å². The summed E-state index contributed by atoms with van der Waals surface area (Å²) in [5.41, 5.74) is 0.832. The molecule has 0 aliphatic carbocycles. The van der Waals surface area contributed by atoms with Crippen LogP contribution in [0.25, 0.3) is 0 Å². The van der Waals surface area contributed by atoms with Crippen LogP contribution in [0.1, 0.15) is 18.4 Å². The third-order valence-corrected chi connectivity index (χ3v) is 4.76. The average molecular weight is 391 g/mol. The van der Waals surface area contributed by atoms with Crippen LogP contribution in [-0.4, -0.2) is 34.0 Å². The van der Waals surface area contributed by atoms with Crippen LogP contribution in [0.5, 0.6) is 11.5 Å². The standard InChI is InChI=1S/C19H19ClN2O5/c20-15-5-8-18(17(10-15)22(25)26)27-16-6-3-13(4-7-16)11-21-9-1-2-14(12-21)19(23)24/h3-8,10,14H,1-2,9,11-12H2,(H,23,24). The molecule has 3 rings (SSSR count). The normalized spacial score (nSPS) is 17.4. The Kier molecular flexibility index (Phi) is 5.93. The summed E-state index contributed by atoms with van der Waals surface area (Å²) in [6, 6.07) is 11.5. The fourth-order valence-corrected chi connectivity index (χ4v) is 3.33. The Morgan fingerprint density at radius 2 is 2.04 bits per heavy atom. The van der Waals surface area contributed by atoms with Gasteiger partial charge in [-0.1, -0.05) is 23.7 Å². The van der Waals surface area contributed by atoms with E-state index in [4.69, 9.17) is 16.3 Å². The number of aliphatic carboxylic acids is 1. The molecule has 7 nitrogen and oxygen atoms in total. The fourth-order valence-electron chi connectivity index (χ4n) is 3.17. The number of carbonyl (C=O) groups is 1. The van der Waals surface area contributed by atoms with Gasteiger partial charge in [0.25, 0.3) is 0 Å². The van der Waals surface area contributed by atoms with Gasteiger partial charge in [0.2, 0.25) is 5.75 Å². The molecule has 8 heteroatoms. The molecule has 0 aromatic heterocycles. The molecule has 0 bridgehead atoms. The van der Waals surface area contributed by atoms with Crippen LogP contribution in [0.3, 0.4) is 0 Å². The minimum absolute atomic E-state index is 0.123. The van der Waals surface area contributed by atoms with Crippen LogP contribution < -0.4 is 4.74 Å². The van der Waals surface area contributed by atoms with Crippen LogP contribution >= 0.6 is 11.6 Å². The molecule has 1 saturated heterocycles. The van der Waals surface area contributed by atoms with E-state index in [0.717, 1.165) is 24.9 Å². The van der Waals surface area contributed by atoms with Crippen molar-refractivity contribution in [2.75, 3.05) is 13.1 Å². The summed E-state index contributed by atoms with van der Waals surface area (Å²) in [5.74, 6) is -0.455. The quantitative estimate of drug-likeness (QED) is 0.582. The van der Waals surface area contributed by atoms with Gasteiger partial charge in [-0.2, -0.15) is 0 Å². The Morgan fingerprint density at radius 3 is 2.70 bits per heavy atom. The first kappa shape index (κ1) is 19.1. The van der Waals surface area contributed by atoms with Crippen molar-refractivity contribution in [3.63, 3.8) is 0 Å². The third kappa shape index (κ3) is 4.96. The highest BCUT2D eigenvalue weighted by Crippen LogP contribution is 2.33. The van der Waals surface area contributed by atoms with E-state index in [1.807, 2.05) is 12.1 Å². The van der Waals surface area contributed by atoms with E-state index < -0.39 is 10.9 Å². The molecule has 2 aromatic rings. The van der Waals surface area contributed by atoms with Crippen LogP contribution in [0.15, 0.2) is 42.5 Å². The van der Waals surface area contributed by atoms with Gasteiger partial charge in [-0.25, -0.2) is 0 Å². The lowest BCUT2D eigenvalue weighted by molar-refractivity contribution is -0.385. The highest BCUT2D eigenvalue weighted by Gasteiger charge is 2.25. The molecule has 142 valence electrons. The van der Waals surface area contributed by atoms with Crippen molar-refractivity contribution in [3.05, 3.63) is 63.2 Å². The molecule has 1 N–H and O–H groups in total. The largest absolute Gasteiger partial charge is 0.481 e. The average Bonchev–Trinajstić information content (AvgIpc) is 2.65. The van der Waals surface area contributed by atoms with Gasteiger partial charge < -0.3 is 9.84 Å². The van der Waals surface area contributed by atoms with E-state index in [2.05, 4.69) is 4.90 Å². The van der Waals surface area contributed by atoms with Crippen LogP contribution in [0.4, 0.5) is 5.69 Å². The Labute approximate surface area is 161 Å². The molecule has 1 aliphatic rings. The predicted molar refractivity (Wildman–Crippen MR) is 100 cm³/mol. The Hall–Kier alpha value is -2.64. The van der Waals surface area contributed by atoms with Crippen molar-refractivity contribution in [3.8, 4) is 11.5 Å². The number of hydrogen-bond donors (Lipinski definition) is 1. The number of nitro groups is 1. The van der Waals surface area contributed by atoms with Crippen LogP contribution in [0, 0.1) is 16.0 Å². The molecule has 27 heavy (non-hydrogen) atoms. The van der Waals surface area contributed by atoms with E-state index in [1.165, 1.54) is 18.2 Å². The zero-order valence-electron chi connectivity index (χ0n) is 14.5. The molecule has 1 aliphatic heterocycles. The SMILES string of the molecule is O=C(O)C1CCCN(Cc2ccc(Oc3ccc(Cl)cc3[N+](=O)[O-])cc2)C1. The number of piperidine rings is 1. The summed E-state index contributed by atoms with van der Waals surface area (Å²) < 4.78 is 5.63. The van der Waals surface area contributed by atoms with Crippen molar-refractivity contribution in [2.45, 2.75) is 19.4 Å². The van der Waals surface area contributed by atoms with E-state index in [-0.39, 0.29) is 22.4 Å². The van der Waals surface area contributed by atoms with Crippen LogP contribution in [0.2, 0.25) is 5.02 Å². The van der Waals surface area contributed by atoms with Gasteiger partial charge in [0, 0.05) is 24.2 Å². The first-order valence-corrected chi connectivity index (χ1v) is 8.96. The number of nitrogens with zero attached hydrogens (tertiary/aromatic N) is 2. The molecule has 1 heterocycles. The lowest BCUT2D eigenvalue weighted by atomic mass is 9.98. The number of ether oxygens (including phenoxy) is 1. The summed E-state index contributed by atoms with van der Waals surface area (Å²) in [4.78, 5) is 23.9. The number of benzene rings is 2. The van der Waals surface area contributed by atoms with Gasteiger partial charge >= 0.3 is 11.7 Å². The van der Waals surface area contributed by atoms with Gasteiger partial charge in [0.1, 0.15) is 5.75 Å². The van der Waals surface area contributed by atoms with Crippen molar-refractivity contribution in [1.82, 2.24) is 4.90 Å². The first-order valence-electron chi connectivity index (χ1n) is 8.58. The summed E-state index contributed by atoms with van der Waals surface area (Å²) in [6.07, 6.45) is 1.59. The van der Waals surface area contributed by atoms with Gasteiger partial charge in [-0.05, 0) is 49.2 Å². The van der Waals surface area contributed by atoms with Crippen molar-refractivity contribution in [2.24, 2.45) is 5.92 Å². The molecular formula is C19H19ClN2O5. The van der Waals surface area contributed by atoms with Crippen LogP contribution in [-0.2, 0) is 11.3 Å². The molecule has 1 fully saturated rings. The minimum Gasteiger partial charge on any atom is -0.481 e. The lowest BCUT2D eigenvalue weighted by Gasteiger charge is -2.30. The second kappa shape index (κ2) is 8.37. The maximum absolute atomic E-state index is 11.2. The van der Waals surface area contributed by atoms with E-state index in [0.29, 0.717) is 18.8 Å². The second-order valence-electron chi connectivity index (χ2n) is 6.53. The summed E-state index contributed by atoms with van der Waals surface area (Å²) in [7, 11) is 0. The smallest absolute Gasteiger partial charge is 0.313 e. The topological polar surface area (TPSA) is 92.9 Å². The Morgan fingerprint density at radius 1 is 1.30 bits per heavy atom. The number of nitro benzene ring substituents is 1. The van der Waals surface area contributed by atoms with E-state index in [9.17, 15) is 20.0 Å². The first-order chi connectivity index (χ1) is 12.9. The van der Waals surface area contributed by atoms with Gasteiger partial charge in [-0.15, -0.1) is 0 Å². The Bertz CT molecular complexity index is 840. The van der Waals surface area contributed by atoms with Gasteiger partial charge in [-0.3, -0.25) is 19.8 Å². The molecule has 1 unspecified atom stereocenters. The number of rotatable bonds is 6. The summed E-state index contributed by atoms with van der Waals surface area (Å²) in [5, 5.41) is 20.6. The predicted octanol–water partition coefficient (Wildman–Crippen LogP) is 4.34. The number of hydrogen-bond acceptors (Lipinski definition) is 5. The lowest BCUT2D eigenvalue weighted by Crippen LogP contribution is -2.38. The van der Waals surface area contributed by atoms with Gasteiger partial charge in [0.15, 0.2) is 0 Å². The zero-order chi connectivity index (χ0) is 19.4. The number of likely N-dealkylation sites (tertiary alicyclic amines) is 1. The number of carboxylic acids is 1. The van der Waals surface area contributed by atoms with Crippen molar-refractivity contribution < 1.29 is 19.6 Å². The molecule has 0 saturated carbocycles. The van der Waals surface area contributed by atoms with Crippen molar-refractivity contribution >= 4 is 23.3 Å². The number of halogens is 1. The fraction of sp³-hybridized carbons (Fsp3) is 0.316. The molecule has 1 atom stereocenters. The third-order valence-electron chi connectivity index (χ3n) is 4.53. The zero-order valence-corrected chi connectivity index (χ0v) is 15.3. The molecule has 0 spiro atoms. The molecular weight excluding hydrogens is 372 g/mol. The number of carboxylic acid groups (broad SMARTS) is 1. The summed E-state index contributed by atoms with van der Waals surface area (Å²) >= 11 is 5.81. The second-order valence-corrected chi connectivity index (χ2v) is 6.96. The maximum Gasteiger partial charge on any atom is 0.313 e. The molecule has 0 amide bonds. The van der Waals surface area contributed by atoms with E-state index >= 15 is 0 Å². The van der Waals surface area contributed by atoms with Crippen molar-refractivity contribution in [1.29, 1.82) is 0 Å². The minimum atomic E-state index is -0.743. The molecule has 0 radical (unpaired) electrons. The maximum atomic E-state index is 11.2. The summed E-state index contributed by atoms with van der Waals surface area (Å²) in [6.45, 7) is 2.08. The highest BCUT2D eigenvalue weighted by molar-refractivity contribution is 6.30. The highest BCUT2D eigenvalue weighted by atomic mass is 35.5.